The van der Waals surface area contributed by atoms with Crippen molar-refractivity contribution in [1.29, 1.82) is 0 Å². The molecule has 12 nitrogen and oxygen atoms in total. The maximum absolute atomic E-state index is 16.6. The van der Waals surface area contributed by atoms with E-state index in [-0.39, 0.29) is 23.7 Å². The van der Waals surface area contributed by atoms with E-state index in [2.05, 4.69) is 236 Å². The van der Waals surface area contributed by atoms with Crippen LogP contribution in [-0.4, -0.2) is 74.6 Å². The molecule has 0 saturated carbocycles. The largest absolute Gasteiger partial charge is 0.354 e. The number of H-pyrrole nitrogens is 4. The zero-order chi connectivity index (χ0) is 95.1. The number of hydrogen-bond acceptors (Lipinski definition) is 8. The molecule has 14 rings (SSSR count). The van der Waals surface area contributed by atoms with Gasteiger partial charge in [-0.15, -0.1) is 22.7 Å². The number of aryl methyl sites for hydroxylation is 4. The van der Waals surface area contributed by atoms with Crippen molar-refractivity contribution in [1.82, 2.24) is 49.7 Å². The maximum Gasteiger partial charge on any atom is 0.261 e. The van der Waals surface area contributed by atoms with Crippen molar-refractivity contribution in [3.8, 4) is 23.7 Å². The fourth-order valence-corrected chi connectivity index (χ4v) is 22.7. The molecule has 0 aliphatic carbocycles. The Morgan fingerprint density at radius 3 is 0.926 bits per heavy atom. The predicted molar refractivity (Wildman–Crippen MR) is 584 cm³/mol. The second-order valence-electron chi connectivity index (χ2n) is 39.7. The number of aromatic amines is 4. The maximum atomic E-state index is 16.6. The average molecular weight is 1860 g/mol. The second-order valence-corrected chi connectivity index (χ2v) is 41.9. The summed E-state index contributed by atoms with van der Waals surface area (Å²) in [5.74, 6) is 15.8. The van der Waals surface area contributed by atoms with Crippen LogP contribution in [0.4, 0.5) is 0 Å². The first-order valence-electron chi connectivity index (χ1n) is 54.5. The van der Waals surface area contributed by atoms with Crippen LogP contribution in [0.3, 0.4) is 0 Å². The van der Waals surface area contributed by atoms with Gasteiger partial charge in [0.25, 0.3) is 11.8 Å². The smallest absolute Gasteiger partial charge is 0.261 e. The fourth-order valence-electron chi connectivity index (χ4n) is 20.9. The molecule has 0 radical (unpaired) electrons. The van der Waals surface area contributed by atoms with E-state index >= 15 is 9.59 Å². The molecule has 2 atom stereocenters. The van der Waals surface area contributed by atoms with Gasteiger partial charge in [0.15, 0.2) is 0 Å². The Morgan fingerprint density at radius 1 is 0.301 bits per heavy atom. The molecule has 722 valence electrons. The minimum atomic E-state index is -0.0930. The van der Waals surface area contributed by atoms with Gasteiger partial charge in [-0.3, -0.25) is 9.59 Å². The van der Waals surface area contributed by atoms with E-state index in [9.17, 15) is 0 Å². The Balaban J connectivity index is 0.918. The molecule has 6 aliphatic heterocycles. The molecule has 14 heterocycles. The van der Waals surface area contributed by atoms with Gasteiger partial charge in [0, 0.05) is 35.2 Å². The van der Waals surface area contributed by atoms with Crippen LogP contribution in [0, 0.1) is 35.5 Å². The second kappa shape index (κ2) is 52.2. The highest BCUT2D eigenvalue weighted by Crippen LogP contribution is 2.51. The van der Waals surface area contributed by atoms with Gasteiger partial charge in [0.05, 0.1) is 109 Å². The Labute approximate surface area is 824 Å². The summed E-state index contributed by atoms with van der Waals surface area (Å²) in [6.07, 6.45) is 57.5. The number of unbranched alkanes of at least 4 members (excludes halogenated alkanes) is 26. The molecule has 2 amide bonds. The lowest BCUT2D eigenvalue weighted by Crippen LogP contribution is -2.34. The average Bonchev–Trinajstić information content (AvgIpc) is 1.55. The Hall–Kier alpha value is -9.86. The normalized spacial score (nSPS) is 14.3. The minimum absolute atomic E-state index is 0.0930. The van der Waals surface area contributed by atoms with Gasteiger partial charge in [-0.1, -0.05) is 299 Å². The van der Waals surface area contributed by atoms with Crippen molar-refractivity contribution in [3.05, 3.63) is 196 Å². The zero-order valence-corrected chi connectivity index (χ0v) is 86.9. The molecule has 2 unspecified atom stereocenters. The number of allylic oxidation sites excluding steroid dienone is 6. The number of nitrogens with one attached hydrogen (secondary N) is 4. The van der Waals surface area contributed by atoms with Crippen molar-refractivity contribution >= 4 is 136 Å². The van der Waals surface area contributed by atoms with E-state index in [1.807, 2.05) is 9.80 Å². The molecule has 0 saturated heterocycles. The molecule has 136 heavy (non-hydrogen) atoms. The van der Waals surface area contributed by atoms with Gasteiger partial charge in [-0.05, 0) is 281 Å². The number of carbonyl (C=O) groups is 2. The van der Waals surface area contributed by atoms with E-state index in [4.69, 9.17) is 19.9 Å². The van der Waals surface area contributed by atoms with Crippen molar-refractivity contribution in [2.75, 3.05) is 13.1 Å². The Kier molecular flexibility index (Phi) is 39.2. The number of fused-ring (bicyclic) bond motifs is 21. The number of aromatic nitrogens is 8. The first-order valence-corrected chi connectivity index (χ1v) is 56.1. The van der Waals surface area contributed by atoms with Crippen LogP contribution < -0.4 is 0 Å². The molecular weight excluding hydrogens is 1700 g/mol. The van der Waals surface area contributed by atoms with Crippen molar-refractivity contribution in [2.24, 2.45) is 11.8 Å². The number of nitrogens with zero attached hydrogens (tertiary/aromatic N) is 6. The molecule has 8 aromatic rings. The summed E-state index contributed by atoms with van der Waals surface area (Å²) >= 11 is 3.21. The summed E-state index contributed by atoms with van der Waals surface area (Å²) < 4.78 is 0. The predicted octanol–water partition coefficient (Wildman–Crippen LogP) is 34.7. The molecule has 0 spiro atoms. The van der Waals surface area contributed by atoms with Crippen LogP contribution in [0.25, 0.3) is 101 Å². The fraction of sp³-hybridized carbons (Fsp3) is 0.525. The lowest BCUT2D eigenvalue weighted by atomic mass is 9.98. The topological polar surface area (TPSA) is 155 Å². The Morgan fingerprint density at radius 2 is 0.603 bits per heavy atom. The van der Waals surface area contributed by atoms with E-state index in [1.165, 1.54) is 160 Å². The zero-order valence-electron chi connectivity index (χ0n) is 85.2. The standard InChI is InChI=1S/C122H160N10O2S2/c1-13-25-35-43-53-87-77-107-109-79-89(55-45-37-27-15-3)101(125-109)71-73-105-95(59-49-41-31-19-7)97(117(129-105)111-81-91(57-47-39-29-17-5)103(127-111)69-67-99(87)123-107)65-61-93-63-75-113(135-93)119-115-116(122(134)131(119)83-85(23-11)51-33-21-9)120(132(121(115)133)84-86(24-12)52-34-22-10)114-76-64-94(136-114)62-66-98-96(60-50-42-32-20-8)106-74-72-102-90(56-46-38-28-16-4)80-110(126-102)108-78-88(54-44-36-26-14-2)100(124-108)68-70-104-92(58-48-40-30-18-6)82-112(128-104)118(98)130-106/h63-64,67-82,85-86,125-128H,13-60,83-84H2,1-12H3. The highest BCUT2D eigenvalue weighted by molar-refractivity contribution is 7.14. The van der Waals surface area contributed by atoms with Gasteiger partial charge in [0.1, 0.15) is 11.4 Å². The number of hydrogen-bond donors (Lipinski definition) is 4. The molecular formula is C122H160N10O2S2. The number of rotatable bonds is 54. The Bertz CT molecular complexity index is 5750. The SMILES string of the molecule is CCCCCCC1=Cc2nc1ccc1[nH]c(cc1CCCCCC)c1nc(ccc3[nH]c2cc3CCCCCC)C(CCCCCC)=C1C#Cc1ccc(C2=C3C(=O)N(CC(CC)CCCC)C(c4ccc(C#CC5=C(CCCCCC)c6ccc7[nH]c(cc7CCCCCC)c7nc(ccc8[nH]c(cc8CCCCCC)c5n6)C(CCCCCC)=C7)s4)=C3C(=O)N2CC(CC)CCCC)s1. The third-order valence-corrected chi connectivity index (χ3v) is 31.2. The molecule has 8 aromatic heterocycles. The van der Waals surface area contributed by atoms with Crippen LogP contribution in [0.2, 0.25) is 0 Å². The molecule has 6 aliphatic rings. The summed E-state index contributed by atoms with van der Waals surface area (Å²) in [5.41, 5.74) is 30.9. The van der Waals surface area contributed by atoms with Gasteiger partial charge in [-0.2, -0.15) is 0 Å². The van der Waals surface area contributed by atoms with E-state index in [1.54, 1.807) is 22.7 Å². The van der Waals surface area contributed by atoms with E-state index in [0.29, 0.717) is 24.2 Å². The van der Waals surface area contributed by atoms with Gasteiger partial charge in [0.2, 0.25) is 0 Å². The molecule has 0 aromatic carbocycles. The lowest BCUT2D eigenvalue weighted by molar-refractivity contribution is -0.124. The van der Waals surface area contributed by atoms with Crippen molar-refractivity contribution in [2.45, 2.75) is 391 Å². The molecule has 16 bridgehead atoms. The monoisotopic (exact) mass is 1860 g/mol. The highest BCUT2D eigenvalue weighted by atomic mass is 32.1. The summed E-state index contributed by atoms with van der Waals surface area (Å²) in [6.45, 7) is 28.4. The van der Waals surface area contributed by atoms with Crippen molar-refractivity contribution in [3.63, 3.8) is 0 Å². The third kappa shape index (κ3) is 25.8. The third-order valence-electron chi connectivity index (χ3n) is 29.2. The summed E-state index contributed by atoms with van der Waals surface area (Å²) in [5, 5.41) is 0. The van der Waals surface area contributed by atoms with Gasteiger partial charge < -0.3 is 29.7 Å². The number of thiophene rings is 2. The summed E-state index contributed by atoms with van der Waals surface area (Å²) in [6, 6.07) is 36.4. The highest BCUT2D eigenvalue weighted by Gasteiger charge is 2.50. The number of carbonyl (C=O) groups excluding carboxylic acids is 2. The minimum Gasteiger partial charge on any atom is -0.354 e. The molecule has 0 fully saturated rings. The van der Waals surface area contributed by atoms with Crippen molar-refractivity contribution < 1.29 is 9.59 Å². The van der Waals surface area contributed by atoms with Crippen LogP contribution >= 0.6 is 22.7 Å². The first-order chi connectivity index (χ1) is 66.8. The molecule has 4 N–H and O–H groups in total. The van der Waals surface area contributed by atoms with Gasteiger partial charge in [-0.25, -0.2) is 19.9 Å². The van der Waals surface area contributed by atoms with E-state index in [0.717, 1.165) is 324 Å². The first kappa shape index (κ1) is 102. The van der Waals surface area contributed by atoms with Crippen LogP contribution in [-0.2, 0) is 35.3 Å². The summed E-state index contributed by atoms with van der Waals surface area (Å²) in [4.78, 5) is 79.1. The van der Waals surface area contributed by atoms with E-state index < -0.39 is 0 Å². The van der Waals surface area contributed by atoms with Crippen LogP contribution in [0.15, 0.2) is 108 Å². The van der Waals surface area contributed by atoms with Gasteiger partial charge >= 0.3 is 0 Å². The summed E-state index contributed by atoms with van der Waals surface area (Å²) in [7, 11) is 0. The number of amides is 2. The van der Waals surface area contributed by atoms with Crippen LogP contribution in [0.1, 0.15) is 453 Å². The molecule has 14 heteroatoms. The lowest BCUT2D eigenvalue weighted by Gasteiger charge is -2.29. The quantitative estimate of drug-likeness (QED) is 0.0220. The van der Waals surface area contributed by atoms with Crippen LogP contribution in [0.5, 0.6) is 0 Å².